The van der Waals surface area contributed by atoms with Gasteiger partial charge in [-0.15, -0.1) is 0 Å². The van der Waals surface area contributed by atoms with Gasteiger partial charge in [0.15, 0.2) is 6.29 Å². The van der Waals surface area contributed by atoms with Crippen LogP contribution in [0.2, 0.25) is 0 Å². The number of aliphatic hydroxyl groups is 1. The van der Waals surface area contributed by atoms with E-state index in [-0.39, 0.29) is 37.0 Å². The molecule has 1 saturated heterocycles. The summed E-state index contributed by atoms with van der Waals surface area (Å²) >= 11 is 0. The summed E-state index contributed by atoms with van der Waals surface area (Å²) in [7, 11) is 0. The third-order valence-electron chi connectivity index (χ3n) is 10.2. The number of nitrogens with zero attached hydrogens (tertiary/aromatic N) is 1. The minimum Gasteiger partial charge on any atom is -0.392 e. The SMILES string of the molecule is O=C(CCCCCCC(=O)NCc1cccc(-c2ccc(C3OC(CN(Cc4ccccc4)Cc4ccccc4)CC(c4ccc(CO)cc4)O3)cc2)c1)NO. The average molecular weight is 756 g/mol. The maximum atomic E-state index is 12.5. The molecule has 9 heteroatoms. The molecule has 0 aromatic heterocycles. The van der Waals surface area contributed by atoms with Gasteiger partial charge in [-0.2, -0.15) is 0 Å². The number of aliphatic hydroxyl groups excluding tert-OH is 1. The Hall–Kier alpha value is -5.16. The second-order valence-electron chi connectivity index (χ2n) is 14.5. The van der Waals surface area contributed by atoms with Crippen molar-refractivity contribution < 1.29 is 29.4 Å². The molecule has 5 aromatic carbocycles. The summed E-state index contributed by atoms with van der Waals surface area (Å²) in [6.07, 6.45) is 3.70. The minimum absolute atomic E-state index is 0.00416. The van der Waals surface area contributed by atoms with Crippen LogP contribution in [-0.2, 0) is 45.3 Å². The summed E-state index contributed by atoms with van der Waals surface area (Å²) in [5.74, 6) is -0.376. The Labute approximate surface area is 330 Å². The number of hydrogen-bond acceptors (Lipinski definition) is 7. The number of amides is 2. The molecule has 0 aliphatic carbocycles. The van der Waals surface area contributed by atoms with E-state index in [1.165, 1.54) is 11.1 Å². The van der Waals surface area contributed by atoms with Crippen molar-refractivity contribution in [3.05, 3.63) is 167 Å². The molecule has 0 spiro atoms. The molecular formula is C47H53N3O6. The van der Waals surface area contributed by atoms with Crippen LogP contribution >= 0.6 is 0 Å². The number of hydrogen-bond donors (Lipinski definition) is 4. The lowest BCUT2D eigenvalue weighted by molar-refractivity contribution is -0.253. The predicted octanol–water partition coefficient (Wildman–Crippen LogP) is 8.56. The molecule has 3 unspecified atom stereocenters. The Balaban J connectivity index is 1.11. The van der Waals surface area contributed by atoms with Gasteiger partial charge in [-0.05, 0) is 57.9 Å². The van der Waals surface area contributed by atoms with Crippen molar-refractivity contribution in [2.24, 2.45) is 0 Å². The molecule has 6 rings (SSSR count). The zero-order chi connectivity index (χ0) is 39.0. The average Bonchev–Trinajstić information content (AvgIpc) is 3.24. The molecule has 0 radical (unpaired) electrons. The third kappa shape index (κ3) is 12.4. The van der Waals surface area contributed by atoms with Crippen molar-refractivity contribution in [3.8, 4) is 11.1 Å². The fraction of sp³-hybridized carbons (Fsp3) is 0.319. The molecule has 3 atom stereocenters. The van der Waals surface area contributed by atoms with Crippen LogP contribution in [0, 0.1) is 0 Å². The summed E-state index contributed by atoms with van der Waals surface area (Å²) in [5, 5.41) is 21.3. The Bertz CT molecular complexity index is 1900. The number of carbonyl (C=O) groups excluding carboxylic acids is 2. The first-order chi connectivity index (χ1) is 27.4. The van der Waals surface area contributed by atoms with E-state index >= 15 is 0 Å². The fourth-order valence-electron chi connectivity index (χ4n) is 7.15. The van der Waals surface area contributed by atoms with Gasteiger partial charge in [0.1, 0.15) is 0 Å². The molecule has 1 heterocycles. The van der Waals surface area contributed by atoms with Crippen LogP contribution < -0.4 is 10.8 Å². The molecule has 9 nitrogen and oxygen atoms in total. The van der Waals surface area contributed by atoms with Crippen LogP contribution in [0.5, 0.6) is 0 Å². The summed E-state index contributed by atoms with van der Waals surface area (Å²) in [6, 6.07) is 45.6. The standard InChI is InChI=1S/C47H53N3O6/c51-34-37-20-22-40(23-21-37)44-29-43(33-50(31-35-12-5-3-6-13-35)32-36-14-7-4-8-15-36)55-47(56-44)41-26-24-39(25-27-41)42-17-11-16-38(28-42)30-48-45(52)18-9-1-2-10-19-46(53)49-54/h3-8,11-17,20-28,43-44,47,51,54H,1-2,9-10,18-19,29-34H2,(H,48,52)(H,49,53). The van der Waals surface area contributed by atoms with E-state index in [1.807, 2.05) is 48.5 Å². The first-order valence-electron chi connectivity index (χ1n) is 19.7. The number of ether oxygens (including phenoxy) is 2. The first kappa shape index (κ1) is 40.5. The molecule has 0 saturated carbocycles. The molecule has 1 aliphatic heterocycles. The van der Waals surface area contributed by atoms with Crippen LogP contribution in [0.25, 0.3) is 11.1 Å². The first-order valence-corrected chi connectivity index (χ1v) is 19.7. The summed E-state index contributed by atoms with van der Waals surface area (Å²) < 4.78 is 13.5. The van der Waals surface area contributed by atoms with Gasteiger partial charge in [0, 0.05) is 51.0 Å². The molecule has 292 valence electrons. The Morgan fingerprint density at radius 1 is 0.625 bits per heavy atom. The van der Waals surface area contributed by atoms with Gasteiger partial charge in [-0.3, -0.25) is 19.7 Å². The monoisotopic (exact) mass is 755 g/mol. The van der Waals surface area contributed by atoms with E-state index in [0.717, 1.165) is 72.3 Å². The molecule has 1 aliphatic rings. The maximum absolute atomic E-state index is 12.5. The molecule has 56 heavy (non-hydrogen) atoms. The number of unbranched alkanes of at least 4 members (excludes halogenated alkanes) is 3. The summed E-state index contributed by atoms with van der Waals surface area (Å²) in [4.78, 5) is 26.1. The van der Waals surface area contributed by atoms with Gasteiger partial charge in [0.25, 0.3) is 0 Å². The Morgan fingerprint density at radius 3 is 1.86 bits per heavy atom. The highest BCUT2D eigenvalue weighted by atomic mass is 16.7. The lowest BCUT2D eigenvalue weighted by atomic mass is 9.98. The van der Waals surface area contributed by atoms with E-state index in [0.29, 0.717) is 25.8 Å². The lowest BCUT2D eigenvalue weighted by Gasteiger charge is -2.38. The van der Waals surface area contributed by atoms with Gasteiger partial charge in [0.2, 0.25) is 11.8 Å². The Kier molecular flexibility index (Phi) is 15.4. The van der Waals surface area contributed by atoms with E-state index in [1.54, 1.807) is 5.48 Å². The topological polar surface area (TPSA) is 120 Å². The van der Waals surface area contributed by atoms with Crippen LogP contribution in [0.3, 0.4) is 0 Å². The molecular weight excluding hydrogens is 703 g/mol. The predicted molar refractivity (Wildman–Crippen MR) is 217 cm³/mol. The zero-order valence-corrected chi connectivity index (χ0v) is 31.9. The number of nitrogens with one attached hydrogen (secondary N) is 2. The second-order valence-corrected chi connectivity index (χ2v) is 14.5. The molecule has 0 bridgehead atoms. The van der Waals surface area contributed by atoms with Crippen molar-refractivity contribution in [1.29, 1.82) is 0 Å². The smallest absolute Gasteiger partial charge is 0.243 e. The number of carbonyl (C=O) groups is 2. The number of benzene rings is 5. The second kappa shape index (κ2) is 21.2. The van der Waals surface area contributed by atoms with Gasteiger partial charge in [-0.1, -0.05) is 140 Å². The van der Waals surface area contributed by atoms with Crippen molar-refractivity contribution in [1.82, 2.24) is 15.7 Å². The van der Waals surface area contributed by atoms with Crippen LogP contribution in [0.1, 0.15) is 90.7 Å². The summed E-state index contributed by atoms with van der Waals surface area (Å²) in [6.45, 7) is 2.75. The lowest BCUT2D eigenvalue weighted by Crippen LogP contribution is -2.39. The van der Waals surface area contributed by atoms with Crippen LogP contribution in [0.4, 0.5) is 0 Å². The highest BCUT2D eigenvalue weighted by molar-refractivity contribution is 5.76. The van der Waals surface area contributed by atoms with Gasteiger partial charge in [-0.25, -0.2) is 5.48 Å². The normalized spacial score (nSPS) is 16.7. The fourth-order valence-corrected chi connectivity index (χ4v) is 7.15. The van der Waals surface area contributed by atoms with E-state index in [4.69, 9.17) is 14.7 Å². The number of hydroxylamine groups is 1. The quantitative estimate of drug-likeness (QED) is 0.0379. The van der Waals surface area contributed by atoms with Crippen LogP contribution in [0.15, 0.2) is 133 Å². The van der Waals surface area contributed by atoms with E-state index < -0.39 is 6.29 Å². The molecule has 2 amide bonds. The van der Waals surface area contributed by atoms with E-state index in [9.17, 15) is 14.7 Å². The molecule has 1 fully saturated rings. The van der Waals surface area contributed by atoms with Gasteiger partial charge in [0.05, 0.1) is 18.8 Å². The van der Waals surface area contributed by atoms with E-state index in [2.05, 4.69) is 95.1 Å². The third-order valence-corrected chi connectivity index (χ3v) is 10.2. The van der Waals surface area contributed by atoms with Crippen molar-refractivity contribution in [3.63, 3.8) is 0 Å². The molecule has 4 N–H and O–H groups in total. The van der Waals surface area contributed by atoms with Crippen molar-refractivity contribution >= 4 is 11.8 Å². The molecule has 5 aromatic rings. The van der Waals surface area contributed by atoms with Crippen molar-refractivity contribution in [2.45, 2.75) is 89.7 Å². The number of rotatable bonds is 19. The highest BCUT2D eigenvalue weighted by Crippen LogP contribution is 2.39. The maximum Gasteiger partial charge on any atom is 0.243 e. The zero-order valence-electron chi connectivity index (χ0n) is 31.9. The largest absolute Gasteiger partial charge is 0.392 e. The minimum atomic E-state index is -0.567. The van der Waals surface area contributed by atoms with Crippen molar-refractivity contribution in [2.75, 3.05) is 6.54 Å². The van der Waals surface area contributed by atoms with Crippen LogP contribution in [-0.4, -0.2) is 39.7 Å². The summed E-state index contributed by atoms with van der Waals surface area (Å²) in [5.41, 5.74) is 10.1. The Morgan fingerprint density at radius 2 is 1.23 bits per heavy atom. The highest BCUT2D eigenvalue weighted by Gasteiger charge is 2.33. The van der Waals surface area contributed by atoms with Gasteiger partial charge >= 0.3 is 0 Å². The van der Waals surface area contributed by atoms with Gasteiger partial charge < -0.3 is 19.9 Å².